The van der Waals surface area contributed by atoms with E-state index in [1.54, 1.807) is 0 Å². The Kier molecular flexibility index (Phi) is 12.3. The number of unbranched alkanes of at least 4 members (excludes halogenated alkanes) is 4. The van der Waals surface area contributed by atoms with Crippen LogP contribution >= 0.6 is 0 Å². The van der Waals surface area contributed by atoms with Gasteiger partial charge in [-0.25, -0.2) is 0 Å². The molecule has 2 amide bonds. The van der Waals surface area contributed by atoms with Crippen LogP contribution in [0.3, 0.4) is 0 Å². The molecule has 33 heavy (non-hydrogen) atoms. The summed E-state index contributed by atoms with van der Waals surface area (Å²) in [7, 11) is 0. The van der Waals surface area contributed by atoms with Gasteiger partial charge < -0.3 is 20.4 Å². The first kappa shape index (κ1) is 27.2. The highest BCUT2D eigenvalue weighted by molar-refractivity contribution is 6.02. The molecule has 0 bridgehead atoms. The minimum Gasteiger partial charge on any atom is -0.371 e. The van der Waals surface area contributed by atoms with E-state index in [0.29, 0.717) is 24.2 Å². The maximum Gasteiger partial charge on any atom is 0.253 e. The van der Waals surface area contributed by atoms with Crippen LogP contribution < -0.4 is 15.5 Å². The number of nitrogens with zero attached hydrogens (tertiary/aromatic N) is 2. The van der Waals surface area contributed by atoms with E-state index in [0.717, 1.165) is 70.0 Å². The van der Waals surface area contributed by atoms with Crippen molar-refractivity contribution < 1.29 is 9.59 Å². The van der Waals surface area contributed by atoms with E-state index in [9.17, 15) is 9.59 Å². The zero-order valence-electron chi connectivity index (χ0n) is 21.4. The van der Waals surface area contributed by atoms with E-state index in [1.165, 1.54) is 19.3 Å². The molecule has 0 aromatic heterocycles. The van der Waals surface area contributed by atoms with Crippen molar-refractivity contribution in [1.82, 2.24) is 10.2 Å². The maximum atomic E-state index is 13.2. The lowest BCUT2D eigenvalue weighted by molar-refractivity contribution is -0.116. The number of carbonyl (C=O) groups excluding carboxylic acids is 2. The summed E-state index contributed by atoms with van der Waals surface area (Å²) in [6.07, 6.45) is 8.42. The van der Waals surface area contributed by atoms with E-state index >= 15 is 0 Å². The van der Waals surface area contributed by atoms with Gasteiger partial charge in [-0.05, 0) is 56.5 Å². The molecule has 6 heteroatoms. The normalized spacial score (nSPS) is 14.5. The number of piperidine rings is 1. The summed E-state index contributed by atoms with van der Waals surface area (Å²) in [5, 5.41) is 6.11. The molecule has 0 radical (unpaired) electrons. The average Bonchev–Trinajstić information content (AvgIpc) is 2.82. The van der Waals surface area contributed by atoms with Gasteiger partial charge in [0.2, 0.25) is 5.91 Å². The van der Waals surface area contributed by atoms with Crippen molar-refractivity contribution in [3.05, 3.63) is 23.8 Å². The number of hydrogen-bond donors (Lipinski definition) is 2. The fraction of sp³-hybridized carbons (Fsp3) is 0.704. The molecule has 1 aromatic rings. The van der Waals surface area contributed by atoms with Crippen molar-refractivity contribution in [3.63, 3.8) is 0 Å². The van der Waals surface area contributed by atoms with Crippen LogP contribution in [0.2, 0.25) is 0 Å². The Hall–Kier alpha value is -2.08. The van der Waals surface area contributed by atoms with Crippen LogP contribution in [0.25, 0.3) is 0 Å². The maximum absolute atomic E-state index is 13.2. The quantitative estimate of drug-likeness (QED) is 0.372. The predicted octanol–water partition coefficient (Wildman–Crippen LogP) is 5.29. The molecule has 186 valence electrons. The van der Waals surface area contributed by atoms with Crippen LogP contribution in [0, 0.1) is 5.92 Å². The molecule has 2 N–H and O–H groups in total. The summed E-state index contributed by atoms with van der Waals surface area (Å²) in [6, 6.07) is 5.80. The molecule has 6 nitrogen and oxygen atoms in total. The SMILES string of the molecule is CCCCCCCC(=O)Nc1ccc(N2CCC(C)CC2)c(C(=O)NCCN(CC)CC)c1. The molecule has 0 unspecified atom stereocenters. The van der Waals surface area contributed by atoms with Crippen LogP contribution in [0.4, 0.5) is 11.4 Å². The lowest BCUT2D eigenvalue weighted by Gasteiger charge is -2.33. The fourth-order valence-corrected chi connectivity index (χ4v) is 4.40. The summed E-state index contributed by atoms with van der Waals surface area (Å²) in [5.41, 5.74) is 2.33. The molecule has 1 fully saturated rings. The highest BCUT2D eigenvalue weighted by Gasteiger charge is 2.22. The second kappa shape index (κ2) is 14.9. The van der Waals surface area contributed by atoms with Crippen molar-refractivity contribution in [2.24, 2.45) is 5.92 Å². The largest absolute Gasteiger partial charge is 0.371 e. The van der Waals surface area contributed by atoms with Crippen molar-refractivity contribution >= 4 is 23.2 Å². The number of rotatable bonds is 14. The minimum absolute atomic E-state index is 0.0268. The van der Waals surface area contributed by atoms with Crippen LogP contribution in [0.15, 0.2) is 18.2 Å². The van der Waals surface area contributed by atoms with Crippen molar-refractivity contribution in [3.8, 4) is 0 Å². The molecule has 1 heterocycles. The van der Waals surface area contributed by atoms with E-state index in [-0.39, 0.29) is 11.8 Å². The van der Waals surface area contributed by atoms with Crippen molar-refractivity contribution in [1.29, 1.82) is 0 Å². The summed E-state index contributed by atoms with van der Waals surface area (Å²) in [5.74, 6) is 0.689. The Balaban J connectivity index is 2.06. The number of benzene rings is 1. The van der Waals surface area contributed by atoms with Gasteiger partial charge in [0, 0.05) is 44.0 Å². The zero-order valence-corrected chi connectivity index (χ0v) is 21.4. The third kappa shape index (κ3) is 9.36. The third-order valence-corrected chi connectivity index (χ3v) is 6.76. The monoisotopic (exact) mass is 458 g/mol. The van der Waals surface area contributed by atoms with E-state index in [1.807, 2.05) is 18.2 Å². The highest BCUT2D eigenvalue weighted by atomic mass is 16.2. The first-order valence-electron chi connectivity index (χ1n) is 13.2. The average molecular weight is 459 g/mol. The second-order valence-electron chi connectivity index (χ2n) is 9.40. The number of anilines is 2. The van der Waals surface area contributed by atoms with Gasteiger partial charge in [-0.1, -0.05) is 53.4 Å². The van der Waals surface area contributed by atoms with Gasteiger partial charge >= 0.3 is 0 Å². The molecule has 0 spiro atoms. The predicted molar refractivity (Wildman–Crippen MR) is 139 cm³/mol. The van der Waals surface area contributed by atoms with Crippen molar-refractivity contribution in [2.45, 2.75) is 79.1 Å². The molecule has 1 aliphatic heterocycles. The van der Waals surface area contributed by atoms with E-state index in [4.69, 9.17) is 0 Å². The Morgan fingerprint density at radius 2 is 1.73 bits per heavy atom. The first-order chi connectivity index (χ1) is 16.0. The number of hydrogen-bond acceptors (Lipinski definition) is 4. The lowest BCUT2D eigenvalue weighted by Crippen LogP contribution is -2.37. The molecule has 1 saturated heterocycles. The molecule has 2 rings (SSSR count). The Morgan fingerprint density at radius 3 is 2.39 bits per heavy atom. The first-order valence-corrected chi connectivity index (χ1v) is 13.2. The summed E-state index contributed by atoms with van der Waals surface area (Å²) < 4.78 is 0. The number of amides is 2. The molecular weight excluding hydrogens is 412 g/mol. The zero-order chi connectivity index (χ0) is 24.1. The van der Waals surface area contributed by atoms with Gasteiger partial charge in [0.25, 0.3) is 5.91 Å². The number of likely N-dealkylation sites (N-methyl/N-ethyl adjacent to an activating group) is 1. The molecular formula is C27H46N4O2. The van der Waals surface area contributed by atoms with Crippen LogP contribution in [-0.2, 0) is 4.79 Å². The second-order valence-corrected chi connectivity index (χ2v) is 9.40. The summed E-state index contributed by atoms with van der Waals surface area (Å²) in [6.45, 7) is 14.1. The Labute approximate surface area is 201 Å². The van der Waals surface area contributed by atoms with Gasteiger partial charge in [-0.3, -0.25) is 9.59 Å². The lowest BCUT2D eigenvalue weighted by atomic mass is 9.97. The fourth-order valence-electron chi connectivity index (χ4n) is 4.40. The molecule has 1 aliphatic rings. The highest BCUT2D eigenvalue weighted by Crippen LogP contribution is 2.29. The van der Waals surface area contributed by atoms with Gasteiger partial charge in [0.05, 0.1) is 5.56 Å². The van der Waals surface area contributed by atoms with Gasteiger partial charge in [0.15, 0.2) is 0 Å². The summed E-state index contributed by atoms with van der Waals surface area (Å²) >= 11 is 0. The molecule has 1 aromatic carbocycles. The Bertz CT molecular complexity index is 725. The van der Waals surface area contributed by atoms with Gasteiger partial charge in [-0.2, -0.15) is 0 Å². The van der Waals surface area contributed by atoms with Crippen LogP contribution in [0.1, 0.15) is 89.4 Å². The molecule has 0 atom stereocenters. The molecule has 0 aliphatic carbocycles. The van der Waals surface area contributed by atoms with Gasteiger partial charge in [0.1, 0.15) is 0 Å². The number of nitrogens with one attached hydrogen (secondary N) is 2. The van der Waals surface area contributed by atoms with E-state index < -0.39 is 0 Å². The van der Waals surface area contributed by atoms with Crippen LogP contribution in [-0.4, -0.2) is 56.0 Å². The standard InChI is InChI=1S/C27H46N4O2/c1-5-8-9-10-11-12-26(32)29-23-13-14-25(31-18-15-22(4)16-19-31)24(21-23)27(33)28-17-20-30(6-2)7-3/h13-14,21-22H,5-12,15-20H2,1-4H3,(H,28,33)(H,29,32). The summed E-state index contributed by atoms with van der Waals surface area (Å²) in [4.78, 5) is 30.2. The third-order valence-electron chi connectivity index (χ3n) is 6.76. The topological polar surface area (TPSA) is 64.7 Å². The van der Waals surface area contributed by atoms with Crippen molar-refractivity contribution in [2.75, 3.05) is 49.5 Å². The Morgan fingerprint density at radius 1 is 1.03 bits per heavy atom. The smallest absolute Gasteiger partial charge is 0.253 e. The van der Waals surface area contributed by atoms with Crippen LogP contribution in [0.5, 0.6) is 0 Å². The molecule has 0 saturated carbocycles. The van der Waals surface area contributed by atoms with E-state index in [2.05, 4.69) is 48.1 Å². The van der Waals surface area contributed by atoms with Gasteiger partial charge in [-0.15, -0.1) is 0 Å². The minimum atomic E-state index is -0.0635. The number of carbonyl (C=O) groups is 2.